The third-order valence-electron chi connectivity index (χ3n) is 7.83. The molecule has 4 nitrogen and oxygen atoms in total. The van der Waals surface area contributed by atoms with E-state index in [-0.39, 0.29) is 34.9 Å². The van der Waals surface area contributed by atoms with Crippen molar-refractivity contribution in [1.29, 1.82) is 0 Å². The number of hydrogen-bond donors (Lipinski definition) is 4. The largest absolute Gasteiger partial charge is 0.396 e. The minimum absolute atomic E-state index is 0.0934. The number of aliphatic hydroxyl groups is 4. The molecular weight excluding hydrogens is 448 g/mol. The molecule has 0 aliphatic heterocycles. The van der Waals surface area contributed by atoms with Crippen LogP contribution in [0.4, 0.5) is 0 Å². The average Bonchev–Trinajstić information content (AvgIpc) is 2.76. The van der Waals surface area contributed by atoms with Gasteiger partial charge in [0.05, 0.1) is 12.2 Å². The molecule has 0 saturated heterocycles. The van der Waals surface area contributed by atoms with Crippen LogP contribution in [-0.4, -0.2) is 45.8 Å². The summed E-state index contributed by atoms with van der Waals surface area (Å²) in [6, 6.07) is 0. The molecule has 0 bridgehead atoms. The van der Waals surface area contributed by atoms with Crippen LogP contribution in [0, 0.1) is 21.7 Å². The Morgan fingerprint density at radius 3 is 1.14 bits per heavy atom. The molecule has 2 aliphatic carbocycles. The van der Waals surface area contributed by atoms with E-state index in [1.54, 1.807) is 0 Å². The predicted molar refractivity (Wildman–Crippen MR) is 151 cm³/mol. The van der Waals surface area contributed by atoms with Crippen LogP contribution in [0.3, 0.4) is 0 Å². The molecule has 0 heterocycles. The molecule has 0 amide bonds. The summed E-state index contributed by atoms with van der Waals surface area (Å²) in [5, 5.41) is 41.5. The Labute approximate surface area is 220 Å². The number of aliphatic hydroxyl groups excluding tert-OH is 4. The number of hydrogen-bond acceptors (Lipinski definition) is 4. The Morgan fingerprint density at radius 1 is 0.583 bits per heavy atom. The molecule has 0 aromatic carbocycles. The van der Waals surface area contributed by atoms with Gasteiger partial charge in [0.2, 0.25) is 0 Å². The zero-order valence-electron chi connectivity index (χ0n) is 24.3. The Bertz CT molecular complexity index is 795. The SMILES string of the molecule is CC1(C)C=C(CCCC(C)(C)CO)C(O)C(CCC2=CC(C)(C)C=C(CCCC(C)(C)CO)C2O)=C1. The van der Waals surface area contributed by atoms with E-state index in [2.05, 4.69) is 79.7 Å². The van der Waals surface area contributed by atoms with Crippen molar-refractivity contribution in [1.82, 2.24) is 0 Å². The summed E-state index contributed by atoms with van der Waals surface area (Å²) in [5.41, 5.74) is 3.85. The van der Waals surface area contributed by atoms with Gasteiger partial charge >= 0.3 is 0 Å². The van der Waals surface area contributed by atoms with Gasteiger partial charge in [0.15, 0.2) is 0 Å². The smallest absolute Gasteiger partial charge is 0.0961 e. The Hall–Kier alpha value is -1.20. The lowest BCUT2D eigenvalue weighted by atomic mass is 9.74. The third kappa shape index (κ3) is 9.28. The number of rotatable bonds is 13. The minimum Gasteiger partial charge on any atom is -0.396 e. The van der Waals surface area contributed by atoms with Gasteiger partial charge in [0, 0.05) is 24.0 Å². The number of allylic oxidation sites excluding steroid dienone is 4. The van der Waals surface area contributed by atoms with Gasteiger partial charge in [-0.25, -0.2) is 0 Å². The fourth-order valence-electron chi connectivity index (χ4n) is 5.61. The van der Waals surface area contributed by atoms with Gasteiger partial charge in [-0.05, 0) is 84.5 Å². The van der Waals surface area contributed by atoms with Crippen LogP contribution < -0.4 is 0 Å². The third-order valence-corrected chi connectivity index (χ3v) is 7.83. The lowest BCUT2D eigenvalue weighted by molar-refractivity contribution is 0.146. The second kappa shape index (κ2) is 12.1. The zero-order valence-corrected chi connectivity index (χ0v) is 24.3. The fourth-order valence-corrected chi connectivity index (χ4v) is 5.61. The lowest BCUT2D eigenvalue weighted by Crippen LogP contribution is -2.26. The molecule has 36 heavy (non-hydrogen) atoms. The standard InChI is InChI=1S/C32H54O4/c1-29(2,21-33)15-9-11-23-17-31(5,6)19-25(27(23)35)13-14-26-20-32(7,8)18-24(28(26)36)12-10-16-30(3,4)22-34/h17-20,27-28,33-36H,9-16,21-22H2,1-8H3. The van der Waals surface area contributed by atoms with E-state index in [1.165, 1.54) is 0 Å². The van der Waals surface area contributed by atoms with E-state index < -0.39 is 12.2 Å². The molecule has 4 heteroatoms. The van der Waals surface area contributed by atoms with Gasteiger partial charge in [0.1, 0.15) is 0 Å². The highest BCUT2D eigenvalue weighted by molar-refractivity contribution is 5.37. The molecule has 0 spiro atoms. The Kier molecular flexibility index (Phi) is 10.4. The van der Waals surface area contributed by atoms with Gasteiger partial charge in [-0.2, -0.15) is 0 Å². The van der Waals surface area contributed by atoms with Crippen molar-refractivity contribution in [2.24, 2.45) is 21.7 Å². The molecule has 2 aliphatic rings. The van der Waals surface area contributed by atoms with E-state index in [0.29, 0.717) is 0 Å². The first-order valence-corrected chi connectivity index (χ1v) is 13.9. The first kappa shape index (κ1) is 31.0. The van der Waals surface area contributed by atoms with Crippen molar-refractivity contribution >= 4 is 0 Å². The molecule has 0 fully saturated rings. The van der Waals surface area contributed by atoms with Crippen molar-refractivity contribution in [3.05, 3.63) is 46.6 Å². The summed E-state index contributed by atoms with van der Waals surface area (Å²) >= 11 is 0. The van der Waals surface area contributed by atoms with E-state index in [4.69, 9.17) is 0 Å². The van der Waals surface area contributed by atoms with Crippen molar-refractivity contribution in [3.8, 4) is 0 Å². The molecule has 2 unspecified atom stereocenters. The fraction of sp³-hybridized carbons (Fsp3) is 0.750. The maximum atomic E-state index is 11.2. The normalized spacial score (nSPS) is 24.1. The molecule has 0 saturated carbocycles. The molecule has 4 N–H and O–H groups in total. The molecule has 0 aromatic rings. The highest BCUT2D eigenvalue weighted by Crippen LogP contribution is 2.40. The van der Waals surface area contributed by atoms with Gasteiger partial charge in [-0.3, -0.25) is 0 Å². The second-order valence-corrected chi connectivity index (χ2v) is 14.2. The quantitative estimate of drug-likeness (QED) is 0.213. The van der Waals surface area contributed by atoms with Crippen molar-refractivity contribution < 1.29 is 20.4 Å². The monoisotopic (exact) mass is 502 g/mol. The summed E-state index contributed by atoms with van der Waals surface area (Å²) in [6.07, 6.45) is 14.5. The van der Waals surface area contributed by atoms with Crippen molar-refractivity contribution in [2.45, 2.75) is 119 Å². The van der Waals surface area contributed by atoms with E-state index in [0.717, 1.165) is 73.7 Å². The van der Waals surface area contributed by atoms with Crippen LogP contribution in [0.25, 0.3) is 0 Å². The van der Waals surface area contributed by atoms with Crippen molar-refractivity contribution in [3.63, 3.8) is 0 Å². The Morgan fingerprint density at radius 2 is 0.861 bits per heavy atom. The van der Waals surface area contributed by atoms with Crippen LogP contribution in [0.1, 0.15) is 107 Å². The predicted octanol–water partition coefficient (Wildman–Crippen LogP) is 6.65. The highest BCUT2D eigenvalue weighted by Gasteiger charge is 2.31. The summed E-state index contributed by atoms with van der Waals surface area (Å²) in [7, 11) is 0. The van der Waals surface area contributed by atoms with Crippen molar-refractivity contribution in [2.75, 3.05) is 13.2 Å². The molecule has 2 atom stereocenters. The lowest BCUT2D eigenvalue weighted by Gasteiger charge is -2.33. The van der Waals surface area contributed by atoms with Gasteiger partial charge in [-0.15, -0.1) is 0 Å². The van der Waals surface area contributed by atoms with E-state index in [9.17, 15) is 20.4 Å². The first-order valence-electron chi connectivity index (χ1n) is 13.9. The van der Waals surface area contributed by atoms with E-state index >= 15 is 0 Å². The maximum absolute atomic E-state index is 11.2. The molecule has 0 aromatic heterocycles. The van der Waals surface area contributed by atoms with Crippen LogP contribution in [0.2, 0.25) is 0 Å². The van der Waals surface area contributed by atoms with Crippen LogP contribution in [-0.2, 0) is 0 Å². The summed E-state index contributed by atoms with van der Waals surface area (Å²) in [4.78, 5) is 0. The molecule has 0 radical (unpaired) electrons. The first-order chi connectivity index (χ1) is 16.5. The van der Waals surface area contributed by atoms with E-state index in [1.807, 2.05) is 0 Å². The van der Waals surface area contributed by atoms with Crippen LogP contribution >= 0.6 is 0 Å². The summed E-state index contributed by atoms with van der Waals surface area (Å²) < 4.78 is 0. The van der Waals surface area contributed by atoms with Crippen LogP contribution in [0.5, 0.6) is 0 Å². The molecular formula is C32H54O4. The molecule has 2 rings (SSSR count). The minimum atomic E-state index is -0.569. The topological polar surface area (TPSA) is 80.9 Å². The zero-order chi connectivity index (χ0) is 27.4. The van der Waals surface area contributed by atoms with Gasteiger partial charge < -0.3 is 20.4 Å². The average molecular weight is 503 g/mol. The van der Waals surface area contributed by atoms with Gasteiger partial charge in [-0.1, -0.05) is 79.7 Å². The summed E-state index contributed by atoms with van der Waals surface area (Å²) in [6.45, 7) is 17.4. The van der Waals surface area contributed by atoms with Crippen LogP contribution in [0.15, 0.2) is 46.6 Å². The highest BCUT2D eigenvalue weighted by atomic mass is 16.3. The Balaban J connectivity index is 2.05. The summed E-state index contributed by atoms with van der Waals surface area (Å²) in [5.74, 6) is 0. The van der Waals surface area contributed by atoms with Gasteiger partial charge in [0.25, 0.3) is 0 Å². The molecule has 206 valence electrons. The second-order valence-electron chi connectivity index (χ2n) is 14.2. The maximum Gasteiger partial charge on any atom is 0.0961 e.